The zero-order valence-corrected chi connectivity index (χ0v) is 14.6. The summed E-state index contributed by atoms with van der Waals surface area (Å²) in [6.07, 6.45) is 0. The van der Waals surface area contributed by atoms with Gasteiger partial charge in [-0.3, -0.25) is 4.79 Å². The fourth-order valence-corrected chi connectivity index (χ4v) is 2.75. The third kappa shape index (κ3) is 3.16. The molecule has 24 heavy (non-hydrogen) atoms. The van der Waals surface area contributed by atoms with E-state index in [1.54, 1.807) is 31.2 Å². The highest BCUT2D eigenvalue weighted by molar-refractivity contribution is 6.33. The third-order valence-electron chi connectivity index (χ3n) is 3.65. The topological polar surface area (TPSA) is 55.1 Å². The van der Waals surface area contributed by atoms with Crippen LogP contribution in [0, 0.1) is 13.8 Å². The van der Waals surface area contributed by atoms with Gasteiger partial charge < -0.3 is 9.84 Å². The number of halogens is 2. The van der Waals surface area contributed by atoms with Gasteiger partial charge in [-0.15, -0.1) is 0 Å². The summed E-state index contributed by atoms with van der Waals surface area (Å²) in [5.74, 6) is 0.0872. The van der Waals surface area contributed by atoms with Crippen LogP contribution in [-0.2, 0) is 0 Å². The van der Waals surface area contributed by atoms with Crippen LogP contribution in [0.15, 0.2) is 47.0 Å². The fraction of sp³-hybridized carbons (Fsp3) is 0.111. The normalized spacial score (nSPS) is 10.7. The second kappa shape index (κ2) is 6.67. The van der Waals surface area contributed by atoms with Crippen LogP contribution in [0.4, 0.5) is 5.69 Å². The maximum absolute atomic E-state index is 12.7. The first kappa shape index (κ1) is 16.6. The number of hydrogen-bond donors (Lipinski definition) is 1. The molecule has 2 aromatic carbocycles. The number of aromatic nitrogens is 1. The minimum Gasteiger partial charge on any atom is -0.360 e. The number of benzene rings is 2. The lowest BCUT2D eigenvalue weighted by molar-refractivity contribution is 0.102. The maximum atomic E-state index is 12.7. The minimum atomic E-state index is -0.330. The van der Waals surface area contributed by atoms with Gasteiger partial charge in [0.05, 0.1) is 5.02 Å². The first-order valence-electron chi connectivity index (χ1n) is 7.26. The van der Waals surface area contributed by atoms with Crippen LogP contribution in [0.1, 0.15) is 21.7 Å². The predicted octanol–water partition coefficient (Wildman–Crippen LogP) is 5.52. The molecule has 0 bridgehead atoms. The predicted molar refractivity (Wildman–Crippen MR) is 95.8 cm³/mol. The van der Waals surface area contributed by atoms with Crippen LogP contribution in [0.5, 0.6) is 0 Å². The molecule has 3 aromatic rings. The highest BCUT2D eigenvalue weighted by Crippen LogP contribution is 2.31. The largest absolute Gasteiger partial charge is 0.360 e. The van der Waals surface area contributed by atoms with Gasteiger partial charge in [0.1, 0.15) is 17.0 Å². The van der Waals surface area contributed by atoms with Crippen molar-refractivity contribution in [1.29, 1.82) is 0 Å². The van der Waals surface area contributed by atoms with Crippen molar-refractivity contribution in [3.05, 3.63) is 69.4 Å². The quantitative estimate of drug-likeness (QED) is 0.669. The molecule has 0 aliphatic heterocycles. The zero-order valence-electron chi connectivity index (χ0n) is 13.1. The number of hydrogen-bond acceptors (Lipinski definition) is 3. The van der Waals surface area contributed by atoms with E-state index in [0.29, 0.717) is 38.3 Å². The summed E-state index contributed by atoms with van der Waals surface area (Å²) in [4.78, 5) is 12.7. The Labute approximate surface area is 149 Å². The second-order valence-electron chi connectivity index (χ2n) is 5.36. The van der Waals surface area contributed by atoms with E-state index in [-0.39, 0.29) is 5.91 Å². The number of carbonyl (C=O) groups is 1. The molecule has 0 aliphatic carbocycles. The lowest BCUT2D eigenvalue weighted by atomic mass is 10.1. The number of anilines is 1. The Morgan fingerprint density at radius 1 is 1.08 bits per heavy atom. The summed E-state index contributed by atoms with van der Waals surface area (Å²) in [7, 11) is 0. The number of nitrogens with one attached hydrogen (secondary N) is 1. The maximum Gasteiger partial charge on any atom is 0.261 e. The Morgan fingerprint density at radius 2 is 1.83 bits per heavy atom. The fourth-order valence-electron chi connectivity index (χ4n) is 2.34. The van der Waals surface area contributed by atoms with Crippen molar-refractivity contribution in [2.45, 2.75) is 13.8 Å². The summed E-state index contributed by atoms with van der Waals surface area (Å²) in [5.41, 5.74) is 2.94. The second-order valence-corrected chi connectivity index (χ2v) is 6.17. The van der Waals surface area contributed by atoms with E-state index in [1.165, 1.54) is 0 Å². The van der Waals surface area contributed by atoms with Crippen LogP contribution >= 0.6 is 23.2 Å². The van der Waals surface area contributed by atoms with Crippen molar-refractivity contribution in [1.82, 2.24) is 5.16 Å². The molecular formula is C18H14Cl2N2O2. The molecule has 0 radical (unpaired) electrons. The Bertz CT molecular complexity index is 919. The molecule has 1 amide bonds. The van der Waals surface area contributed by atoms with E-state index in [0.717, 1.165) is 5.56 Å². The van der Waals surface area contributed by atoms with Gasteiger partial charge in [-0.25, -0.2) is 0 Å². The highest BCUT2D eigenvalue weighted by Gasteiger charge is 2.23. The molecular weight excluding hydrogens is 347 g/mol. The summed E-state index contributed by atoms with van der Waals surface area (Å²) in [6, 6.07) is 12.5. The Balaban J connectivity index is 1.97. The van der Waals surface area contributed by atoms with E-state index in [4.69, 9.17) is 27.7 Å². The van der Waals surface area contributed by atoms with E-state index in [2.05, 4.69) is 10.5 Å². The van der Waals surface area contributed by atoms with Crippen molar-refractivity contribution in [3.8, 4) is 11.3 Å². The Morgan fingerprint density at radius 3 is 2.54 bits per heavy atom. The van der Waals surface area contributed by atoms with Crippen molar-refractivity contribution in [2.75, 3.05) is 5.32 Å². The molecule has 122 valence electrons. The molecule has 4 nitrogen and oxygen atoms in total. The van der Waals surface area contributed by atoms with Crippen LogP contribution < -0.4 is 5.32 Å². The number of rotatable bonds is 3. The smallest absolute Gasteiger partial charge is 0.261 e. The van der Waals surface area contributed by atoms with Gasteiger partial charge in [0, 0.05) is 16.3 Å². The van der Waals surface area contributed by atoms with E-state index < -0.39 is 0 Å². The monoisotopic (exact) mass is 360 g/mol. The number of nitrogens with zero attached hydrogens (tertiary/aromatic N) is 1. The molecule has 3 rings (SSSR count). The van der Waals surface area contributed by atoms with Crippen molar-refractivity contribution < 1.29 is 9.32 Å². The summed E-state index contributed by atoms with van der Waals surface area (Å²) in [6.45, 7) is 3.58. The number of aryl methyl sites for hydroxylation is 2. The SMILES string of the molecule is Cc1ccc(NC(=O)c2c(-c3ccccc3Cl)noc2C)cc1Cl. The Hall–Kier alpha value is -2.30. The lowest BCUT2D eigenvalue weighted by Crippen LogP contribution is -2.13. The van der Waals surface area contributed by atoms with Crippen LogP contribution in [0.2, 0.25) is 10.0 Å². The third-order valence-corrected chi connectivity index (χ3v) is 4.39. The van der Waals surface area contributed by atoms with Crippen molar-refractivity contribution >= 4 is 34.8 Å². The molecule has 0 spiro atoms. The average Bonchev–Trinajstić information content (AvgIpc) is 2.93. The van der Waals surface area contributed by atoms with E-state index in [1.807, 2.05) is 25.1 Å². The minimum absolute atomic E-state index is 0.330. The first-order valence-corrected chi connectivity index (χ1v) is 8.01. The number of amides is 1. The van der Waals surface area contributed by atoms with Gasteiger partial charge in [0.2, 0.25) is 0 Å². The molecule has 0 aliphatic rings. The molecule has 0 atom stereocenters. The summed E-state index contributed by atoms with van der Waals surface area (Å²) in [5, 5.41) is 7.89. The lowest BCUT2D eigenvalue weighted by Gasteiger charge is -2.08. The van der Waals surface area contributed by atoms with Crippen LogP contribution in [0.3, 0.4) is 0 Å². The Kier molecular flexibility index (Phi) is 4.60. The van der Waals surface area contributed by atoms with Crippen LogP contribution in [0.25, 0.3) is 11.3 Å². The van der Waals surface area contributed by atoms with E-state index >= 15 is 0 Å². The van der Waals surface area contributed by atoms with Crippen LogP contribution in [-0.4, -0.2) is 11.1 Å². The van der Waals surface area contributed by atoms with Gasteiger partial charge in [-0.1, -0.05) is 52.6 Å². The first-order chi connectivity index (χ1) is 11.5. The van der Waals surface area contributed by atoms with Gasteiger partial charge in [0.25, 0.3) is 5.91 Å². The van der Waals surface area contributed by atoms with Gasteiger partial charge in [0.15, 0.2) is 0 Å². The molecule has 1 heterocycles. The summed E-state index contributed by atoms with van der Waals surface area (Å²) < 4.78 is 5.21. The van der Waals surface area contributed by atoms with E-state index in [9.17, 15) is 4.79 Å². The molecule has 0 saturated carbocycles. The molecule has 0 unspecified atom stereocenters. The standard InChI is InChI=1S/C18H14Cl2N2O2/c1-10-7-8-12(9-15(10)20)21-18(23)16-11(2)24-22-17(16)13-5-3-4-6-14(13)19/h3-9H,1-2H3,(H,21,23). The average molecular weight is 361 g/mol. The molecule has 6 heteroatoms. The van der Waals surface area contributed by atoms with Gasteiger partial charge in [-0.2, -0.15) is 0 Å². The van der Waals surface area contributed by atoms with Crippen molar-refractivity contribution in [2.24, 2.45) is 0 Å². The summed E-state index contributed by atoms with van der Waals surface area (Å²) >= 11 is 12.3. The zero-order chi connectivity index (χ0) is 17.3. The number of carbonyl (C=O) groups excluding carboxylic acids is 1. The molecule has 1 N–H and O–H groups in total. The van der Waals surface area contributed by atoms with Gasteiger partial charge in [-0.05, 0) is 37.6 Å². The highest BCUT2D eigenvalue weighted by atomic mass is 35.5. The van der Waals surface area contributed by atoms with Gasteiger partial charge >= 0.3 is 0 Å². The molecule has 0 fully saturated rings. The molecule has 0 saturated heterocycles. The molecule has 1 aromatic heterocycles. The van der Waals surface area contributed by atoms with Crippen molar-refractivity contribution in [3.63, 3.8) is 0 Å².